The molecule has 0 aromatic carbocycles. The molecule has 0 spiro atoms. The molecule has 0 aromatic rings. The van der Waals surface area contributed by atoms with E-state index >= 15 is 0 Å². The van der Waals surface area contributed by atoms with Gasteiger partial charge in [-0.1, -0.05) is 19.6 Å². The van der Waals surface area contributed by atoms with Crippen LogP contribution in [0, 0.1) is 5.92 Å². The average Bonchev–Trinajstić information content (AvgIpc) is 1.85. The number of hydrogen-bond acceptors (Lipinski definition) is 2. The van der Waals surface area contributed by atoms with E-state index in [0.29, 0.717) is 5.75 Å². The third-order valence-electron chi connectivity index (χ3n) is 1.43. The second kappa shape index (κ2) is 4.75. The van der Waals surface area contributed by atoms with Gasteiger partial charge in [0, 0.05) is 5.75 Å². The fourth-order valence-electron chi connectivity index (χ4n) is 0.738. The Morgan fingerprint density at radius 1 is 1.50 bits per heavy atom. The molecule has 0 aromatic heterocycles. The zero-order valence-electron chi connectivity index (χ0n) is 8.22. The van der Waals surface area contributed by atoms with E-state index in [1.54, 1.807) is 0 Å². The Bertz CT molecular complexity index is 145. The number of ether oxygens (including phenoxy) is 1. The number of esters is 1. The number of carbonyl (C=O) groups is 1. The highest BCUT2D eigenvalue weighted by atomic mass is 32.1. The predicted octanol–water partition coefficient (Wildman–Crippen LogP) is 2.55. The van der Waals surface area contributed by atoms with Crippen molar-refractivity contribution in [3.8, 4) is 0 Å². The second-order valence-corrected chi connectivity index (χ2v) is 4.14. The molecule has 0 N–H and O–H groups in total. The highest BCUT2D eigenvalue weighted by Crippen LogP contribution is 2.14. The molecule has 1 radical (unpaired) electrons. The normalized spacial score (nSPS) is 14.1. The molecule has 3 heteroatoms. The quantitative estimate of drug-likeness (QED) is 0.638. The fraction of sp³-hybridized carbons (Fsp3) is 0.889. The molecule has 0 aliphatic heterocycles. The summed E-state index contributed by atoms with van der Waals surface area (Å²) in [6.07, 6.45) is 0.762. The third kappa shape index (κ3) is 4.65. The van der Waals surface area contributed by atoms with Crippen molar-refractivity contribution in [1.29, 1.82) is 0 Å². The summed E-state index contributed by atoms with van der Waals surface area (Å²) in [5.41, 5.74) is -0.394. The van der Waals surface area contributed by atoms with Gasteiger partial charge in [0.2, 0.25) is 0 Å². The Balaban J connectivity index is 4.02. The largest absolute Gasteiger partial charge is 0.460 e. The van der Waals surface area contributed by atoms with Crippen LogP contribution in [0.1, 0.15) is 34.1 Å². The molecule has 0 bridgehead atoms. The maximum Gasteiger partial charge on any atom is 0.310 e. The molecule has 0 heterocycles. The van der Waals surface area contributed by atoms with Gasteiger partial charge in [-0.15, -0.1) is 0 Å². The minimum atomic E-state index is -0.394. The van der Waals surface area contributed by atoms with Crippen molar-refractivity contribution in [2.75, 3.05) is 5.75 Å². The summed E-state index contributed by atoms with van der Waals surface area (Å²) < 4.78 is 5.18. The smallest absolute Gasteiger partial charge is 0.310 e. The molecule has 0 saturated carbocycles. The van der Waals surface area contributed by atoms with Crippen molar-refractivity contribution in [3.63, 3.8) is 0 Å². The lowest BCUT2D eigenvalue weighted by Crippen LogP contribution is -2.29. The fourth-order valence-corrected chi connectivity index (χ4v) is 1.11. The van der Waals surface area contributed by atoms with E-state index in [1.165, 1.54) is 0 Å². The van der Waals surface area contributed by atoms with Crippen molar-refractivity contribution < 1.29 is 9.53 Å². The Kier molecular flexibility index (Phi) is 4.68. The molecule has 0 fully saturated rings. The van der Waals surface area contributed by atoms with Crippen LogP contribution < -0.4 is 0 Å². The molecule has 0 saturated heterocycles. The first-order valence-corrected chi connectivity index (χ1v) is 4.79. The Morgan fingerprint density at radius 2 is 2.00 bits per heavy atom. The molecule has 1 atom stereocenters. The molecule has 0 aliphatic rings. The van der Waals surface area contributed by atoms with Crippen LogP contribution in [0.3, 0.4) is 0 Å². The Labute approximate surface area is 80.1 Å². The van der Waals surface area contributed by atoms with Gasteiger partial charge in [-0.3, -0.25) is 4.79 Å². The standard InChI is InChI=1S/C9H17O2S/c1-5-7(6-12)8(10)11-9(2,3)4/h7H,5-6H2,1-4H3. The Hall–Kier alpha value is -0.180. The van der Waals surface area contributed by atoms with E-state index in [0.717, 1.165) is 6.42 Å². The van der Waals surface area contributed by atoms with Crippen LogP contribution in [0.25, 0.3) is 0 Å². The molecule has 0 aliphatic carbocycles. The molecule has 12 heavy (non-hydrogen) atoms. The highest BCUT2D eigenvalue weighted by molar-refractivity contribution is 7.80. The van der Waals surface area contributed by atoms with Gasteiger partial charge in [0.1, 0.15) is 5.60 Å². The van der Waals surface area contributed by atoms with Crippen molar-refractivity contribution in [2.24, 2.45) is 5.92 Å². The first-order valence-electron chi connectivity index (χ1n) is 4.21. The maximum absolute atomic E-state index is 11.3. The monoisotopic (exact) mass is 189 g/mol. The van der Waals surface area contributed by atoms with Gasteiger partial charge in [0.05, 0.1) is 5.92 Å². The summed E-state index contributed by atoms with van der Waals surface area (Å²) in [6, 6.07) is 0. The van der Waals surface area contributed by atoms with Crippen molar-refractivity contribution in [1.82, 2.24) is 0 Å². The second-order valence-electron chi connectivity index (χ2n) is 3.81. The van der Waals surface area contributed by atoms with E-state index in [1.807, 2.05) is 27.7 Å². The van der Waals surface area contributed by atoms with E-state index in [2.05, 4.69) is 0 Å². The molecule has 1 unspecified atom stereocenters. The average molecular weight is 189 g/mol. The number of hydrogen-bond donors (Lipinski definition) is 0. The van der Waals surface area contributed by atoms with Gasteiger partial charge in [-0.2, -0.15) is 0 Å². The molecule has 0 amide bonds. The van der Waals surface area contributed by atoms with Crippen LogP contribution in [-0.2, 0) is 9.53 Å². The van der Waals surface area contributed by atoms with Gasteiger partial charge < -0.3 is 4.74 Å². The summed E-state index contributed by atoms with van der Waals surface area (Å²) >= 11 is 4.84. The lowest BCUT2D eigenvalue weighted by Gasteiger charge is -2.22. The third-order valence-corrected chi connectivity index (χ3v) is 1.84. The zero-order chi connectivity index (χ0) is 9.78. The summed E-state index contributed by atoms with van der Waals surface area (Å²) in [5.74, 6) is 0.171. The number of carbonyl (C=O) groups excluding carboxylic acids is 1. The first-order chi connectivity index (χ1) is 5.40. The van der Waals surface area contributed by atoms with E-state index < -0.39 is 5.60 Å². The number of rotatable bonds is 3. The Morgan fingerprint density at radius 3 is 2.25 bits per heavy atom. The van der Waals surface area contributed by atoms with E-state index in [-0.39, 0.29) is 11.9 Å². The SMILES string of the molecule is CCC(C[S])C(=O)OC(C)(C)C. The zero-order valence-corrected chi connectivity index (χ0v) is 9.03. The summed E-state index contributed by atoms with van der Waals surface area (Å²) in [5, 5.41) is 0. The van der Waals surface area contributed by atoms with Crippen molar-refractivity contribution in [3.05, 3.63) is 0 Å². The maximum atomic E-state index is 11.3. The van der Waals surface area contributed by atoms with Crippen LogP contribution in [0.4, 0.5) is 0 Å². The van der Waals surface area contributed by atoms with Gasteiger partial charge in [-0.05, 0) is 27.2 Å². The summed E-state index contributed by atoms with van der Waals surface area (Å²) in [6.45, 7) is 7.53. The lowest BCUT2D eigenvalue weighted by molar-refractivity contribution is -0.159. The molecule has 0 rings (SSSR count). The summed E-state index contributed by atoms with van der Waals surface area (Å²) in [7, 11) is 0. The molecule has 71 valence electrons. The van der Waals surface area contributed by atoms with Gasteiger partial charge >= 0.3 is 5.97 Å². The molecular formula is C9H17O2S. The predicted molar refractivity (Wildman–Crippen MR) is 52.1 cm³/mol. The van der Waals surface area contributed by atoms with Gasteiger partial charge in [0.25, 0.3) is 0 Å². The van der Waals surface area contributed by atoms with Crippen LogP contribution >= 0.6 is 12.6 Å². The molecular weight excluding hydrogens is 172 g/mol. The minimum Gasteiger partial charge on any atom is -0.460 e. The van der Waals surface area contributed by atoms with Crippen molar-refractivity contribution >= 4 is 18.6 Å². The summed E-state index contributed by atoms with van der Waals surface area (Å²) in [4.78, 5) is 11.3. The van der Waals surface area contributed by atoms with E-state index in [4.69, 9.17) is 17.4 Å². The van der Waals surface area contributed by atoms with Crippen LogP contribution in [0.15, 0.2) is 0 Å². The van der Waals surface area contributed by atoms with Crippen LogP contribution in [0.2, 0.25) is 0 Å². The molecule has 2 nitrogen and oxygen atoms in total. The highest BCUT2D eigenvalue weighted by Gasteiger charge is 2.22. The minimum absolute atomic E-state index is 0.112. The van der Waals surface area contributed by atoms with Crippen molar-refractivity contribution in [2.45, 2.75) is 39.7 Å². The topological polar surface area (TPSA) is 26.3 Å². The first kappa shape index (κ1) is 11.8. The lowest BCUT2D eigenvalue weighted by atomic mass is 10.1. The van der Waals surface area contributed by atoms with E-state index in [9.17, 15) is 4.79 Å². The van der Waals surface area contributed by atoms with Crippen LogP contribution in [-0.4, -0.2) is 17.3 Å². The van der Waals surface area contributed by atoms with Crippen LogP contribution in [0.5, 0.6) is 0 Å². The van der Waals surface area contributed by atoms with Gasteiger partial charge in [0.15, 0.2) is 0 Å². The van der Waals surface area contributed by atoms with Gasteiger partial charge in [-0.25, -0.2) is 0 Å².